The molecule has 6 nitrogen and oxygen atoms in total. The number of rotatable bonds is 10. The number of cyclic esters (lactones) is 2. The van der Waals surface area contributed by atoms with Gasteiger partial charge in [0, 0.05) is 12.8 Å². The summed E-state index contributed by atoms with van der Waals surface area (Å²) in [5.41, 5.74) is 0. The van der Waals surface area contributed by atoms with E-state index in [1.54, 1.807) is 0 Å². The normalized spacial score (nSPS) is 22.1. The molecule has 528 valence electrons. The first kappa shape index (κ1) is 86.3. The molecule has 0 N–H and O–H groups in total. The minimum Gasteiger partial charge on any atom is -0.466 e. The van der Waals surface area contributed by atoms with Crippen LogP contribution >= 0.6 is 0 Å². The SMILES string of the molecule is CN(C)CCC/C=C\C1CCCCCCCCC=CCC=CCCCCOC(=O)CCCCC=CCC=CCCCCCCCCC(/C=C\CCCN(C)C)CCCCCCCCC=CCC=CCCCCOC(=O)CCCCC=CCC=CCCCCCCCC1. The van der Waals surface area contributed by atoms with E-state index < -0.39 is 0 Å². The highest BCUT2D eigenvalue weighted by Crippen LogP contribution is 2.24. The second kappa shape index (κ2) is 73.1. The number of hydrogen-bond donors (Lipinski definition) is 0. The molecule has 0 saturated heterocycles. The second-order valence-corrected chi connectivity index (χ2v) is 27.7. The molecule has 2 atom stereocenters. The summed E-state index contributed by atoms with van der Waals surface area (Å²) in [6.07, 6.45) is 112. The monoisotopic (exact) mass is 1280 g/mol. The van der Waals surface area contributed by atoms with Crippen molar-refractivity contribution in [2.24, 2.45) is 11.8 Å². The van der Waals surface area contributed by atoms with Gasteiger partial charge in [-0.1, -0.05) is 250 Å². The van der Waals surface area contributed by atoms with Crippen molar-refractivity contribution in [2.45, 2.75) is 347 Å². The second-order valence-electron chi connectivity index (χ2n) is 27.7. The molecule has 0 radical (unpaired) electrons. The van der Waals surface area contributed by atoms with Crippen LogP contribution in [0.2, 0.25) is 0 Å². The Morgan fingerprint density at radius 3 is 0.793 bits per heavy atom. The predicted octanol–water partition coefficient (Wildman–Crippen LogP) is 26.1. The topological polar surface area (TPSA) is 59.1 Å². The van der Waals surface area contributed by atoms with Gasteiger partial charge in [-0.05, 0) is 259 Å². The van der Waals surface area contributed by atoms with Crippen molar-refractivity contribution in [1.82, 2.24) is 9.80 Å². The maximum atomic E-state index is 12.3. The lowest BCUT2D eigenvalue weighted by Crippen LogP contribution is -2.12. The van der Waals surface area contributed by atoms with Gasteiger partial charge in [-0.2, -0.15) is 0 Å². The Morgan fingerprint density at radius 2 is 0.533 bits per heavy atom. The molecule has 1 heterocycles. The van der Waals surface area contributed by atoms with Crippen molar-refractivity contribution in [3.8, 4) is 0 Å². The van der Waals surface area contributed by atoms with Gasteiger partial charge in [0.1, 0.15) is 0 Å². The largest absolute Gasteiger partial charge is 0.466 e. The van der Waals surface area contributed by atoms with Gasteiger partial charge in [0.2, 0.25) is 0 Å². The van der Waals surface area contributed by atoms with Crippen LogP contribution in [0.25, 0.3) is 0 Å². The fraction of sp³-hybridized carbons (Fsp3) is 0.744. The summed E-state index contributed by atoms with van der Waals surface area (Å²) in [4.78, 5) is 29.1. The Balaban J connectivity index is 2.47. The van der Waals surface area contributed by atoms with Gasteiger partial charge < -0.3 is 19.3 Å². The summed E-state index contributed by atoms with van der Waals surface area (Å²) in [6.45, 7) is 3.45. The maximum Gasteiger partial charge on any atom is 0.305 e. The van der Waals surface area contributed by atoms with E-state index in [0.717, 1.165) is 115 Å². The Kier molecular flexibility index (Phi) is 68.5. The number of hydrogen-bond acceptors (Lipinski definition) is 6. The highest BCUT2D eigenvalue weighted by Gasteiger charge is 2.08. The summed E-state index contributed by atoms with van der Waals surface area (Å²) in [5.74, 6) is 1.44. The standard InChI is InChI=1S/C86H150N2O4/c1-87(2)79-67-57-63-75-83-71-59-49-41-33-25-17-9-5-13-21-29-37-45-53-65-77-85(89)92-82-70-56-48-40-32-24-16-8-12-20-28-36-44-52-62-74-84(76-64-58-68-80-88(3)4)72-60-50-42-34-26-18-10-6-14-22-30-38-46-54-66-78-86(90)91-81-69-55-47-39-31-23-15-7-11-19-27-35-43-51-61-73-83/h5-8,13-16,29-32,37-40,63-64,75-76,83-84H,9-12,17-28,33-36,41-62,65-74,77-82H2,1-4H3/b13-5?,14-6?,15-7?,16-8?,37-29?,38-30?,39-31?,40-32?,75-63-,76-64-. The summed E-state index contributed by atoms with van der Waals surface area (Å²) >= 11 is 0. The van der Waals surface area contributed by atoms with Gasteiger partial charge in [-0.15, -0.1) is 0 Å². The zero-order valence-corrected chi connectivity index (χ0v) is 61.2. The quantitative estimate of drug-likeness (QED) is 0.123. The summed E-state index contributed by atoms with van der Waals surface area (Å²) < 4.78 is 11.0. The van der Waals surface area contributed by atoms with Crippen LogP contribution in [0.1, 0.15) is 347 Å². The fourth-order valence-electron chi connectivity index (χ4n) is 12.1. The smallest absolute Gasteiger partial charge is 0.305 e. The van der Waals surface area contributed by atoms with Crippen LogP contribution in [-0.4, -0.2) is 76.2 Å². The first-order valence-electron chi connectivity index (χ1n) is 39.5. The van der Waals surface area contributed by atoms with E-state index in [2.05, 4.69) is 160 Å². The fourth-order valence-corrected chi connectivity index (χ4v) is 12.1. The van der Waals surface area contributed by atoms with Gasteiger partial charge >= 0.3 is 11.9 Å². The van der Waals surface area contributed by atoms with Crippen molar-refractivity contribution in [2.75, 3.05) is 54.5 Å². The minimum absolute atomic E-state index is 0.0356. The number of allylic oxidation sites excluding steroid dienone is 20. The number of unbranched alkanes of at least 4 members (excludes halogenated alkanes) is 2. The lowest BCUT2D eigenvalue weighted by atomic mass is 9.93. The van der Waals surface area contributed by atoms with Crippen LogP contribution in [0.15, 0.2) is 122 Å². The number of carbonyl (C=O) groups is 2. The molecule has 92 heavy (non-hydrogen) atoms. The van der Waals surface area contributed by atoms with Crippen LogP contribution in [0.4, 0.5) is 0 Å². The molecule has 0 aromatic rings. The van der Waals surface area contributed by atoms with Crippen LogP contribution < -0.4 is 0 Å². The van der Waals surface area contributed by atoms with E-state index in [4.69, 9.17) is 9.47 Å². The molecule has 0 fully saturated rings. The molecule has 0 aromatic carbocycles. The van der Waals surface area contributed by atoms with Gasteiger partial charge in [0.25, 0.3) is 0 Å². The zero-order chi connectivity index (χ0) is 66.0. The summed E-state index contributed by atoms with van der Waals surface area (Å²) in [6, 6.07) is 0. The van der Waals surface area contributed by atoms with Crippen molar-refractivity contribution in [3.63, 3.8) is 0 Å². The highest BCUT2D eigenvalue weighted by molar-refractivity contribution is 5.69. The third-order valence-electron chi connectivity index (χ3n) is 18.0. The van der Waals surface area contributed by atoms with Crippen molar-refractivity contribution < 1.29 is 19.1 Å². The number of carbonyl (C=O) groups excluding carboxylic acids is 2. The van der Waals surface area contributed by atoms with E-state index in [-0.39, 0.29) is 11.9 Å². The molecule has 0 bridgehead atoms. The van der Waals surface area contributed by atoms with Gasteiger partial charge in [-0.3, -0.25) is 9.59 Å². The Morgan fingerprint density at radius 1 is 0.304 bits per heavy atom. The Labute approximate surface area is 572 Å². The van der Waals surface area contributed by atoms with Gasteiger partial charge in [-0.25, -0.2) is 0 Å². The average Bonchev–Trinajstić information content (AvgIpc) is 3.65. The number of ether oxygens (including phenoxy) is 2. The van der Waals surface area contributed by atoms with Crippen molar-refractivity contribution in [1.29, 1.82) is 0 Å². The molecule has 0 aromatic heterocycles. The molecular weight excluding hydrogens is 1120 g/mol. The molecule has 6 heteroatoms. The summed E-state index contributed by atoms with van der Waals surface area (Å²) in [7, 11) is 8.72. The van der Waals surface area contributed by atoms with Gasteiger partial charge in [0.15, 0.2) is 0 Å². The molecule has 0 aliphatic carbocycles. The molecule has 0 saturated carbocycles. The molecule has 1 rings (SSSR count). The first-order valence-corrected chi connectivity index (χ1v) is 39.5. The highest BCUT2D eigenvalue weighted by atomic mass is 16.5. The number of esters is 2. The molecule has 0 spiro atoms. The first-order chi connectivity index (χ1) is 45.4. The van der Waals surface area contributed by atoms with E-state index in [1.165, 1.54) is 244 Å². The third kappa shape index (κ3) is 70.6. The zero-order valence-electron chi connectivity index (χ0n) is 61.2. The van der Waals surface area contributed by atoms with E-state index in [1.807, 2.05) is 0 Å². The van der Waals surface area contributed by atoms with Gasteiger partial charge in [0.05, 0.1) is 13.2 Å². The average molecular weight is 1280 g/mol. The Bertz CT molecular complexity index is 1750. The molecular formula is C86H150N2O4. The summed E-state index contributed by atoms with van der Waals surface area (Å²) in [5, 5.41) is 0. The van der Waals surface area contributed by atoms with E-state index >= 15 is 0 Å². The van der Waals surface area contributed by atoms with Crippen LogP contribution in [0.3, 0.4) is 0 Å². The predicted molar refractivity (Wildman–Crippen MR) is 407 cm³/mol. The molecule has 1 aliphatic rings. The van der Waals surface area contributed by atoms with E-state index in [9.17, 15) is 9.59 Å². The van der Waals surface area contributed by atoms with Crippen LogP contribution in [0.5, 0.6) is 0 Å². The number of nitrogens with zero attached hydrogens (tertiary/aromatic N) is 2. The molecule has 2 unspecified atom stereocenters. The Hall–Kier alpha value is -3.74. The maximum absolute atomic E-state index is 12.3. The molecule has 1 aliphatic heterocycles. The van der Waals surface area contributed by atoms with Crippen molar-refractivity contribution >= 4 is 11.9 Å². The molecule has 0 amide bonds. The van der Waals surface area contributed by atoms with Crippen LogP contribution in [-0.2, 0) is 19.1 Å². The van der Waals surface area contributed by atoms with E-state index in [0.29, 0.717) is 26.1 Å². The lowest BCUT2D eigenvalue weighted by molar-refractivity contribution is -0.144. The lowest BCUT2D eigenvalue weighted by Gasteiger charge is -2.13. The van der Waals surface area contributed by atoms with Crippen LogP contribution in [0, 0.1) is 11.8 Å². The third-order valence-corrected chi connectivity index (χ3v) is 18.0. The van der Waals surface area contributed by atoms with Crippen molar-refractivity contribution in [3.05, 3.63) is 122 Å². The minimum atomic E-state index is -0.0356.